The minimum Gasteiger partial charge on any atom is -0.482 e. The molecule has 1 N–H and O–H groups in total. The summed E-state index contributed by atoms with van der Waals surface area (Å²) in [6.07, 6.45) is -1.01. The maximum atomic E-state index is 12.1. The van der Waals surface area contributed by atoms with E-state index in [1.54, 1.807) is 43.3 Å². The summed E-state index contributed by atoms with van der Waals surface area (Å²) in [5.41, 5.74) is 1.21. The largest absolute Gasteiger partial charge is 0.482 e. The lowest BCUT2D eigenvalue weighted by Gasteiger charge is -2.14. The van der Waals surface area contributed by atoms with Gasteiger partial charge in [-0.15, -0.1) is 0 Å². The highest BCUT2D eigenvalue weighted by Crippen LogP contribution is 2.22. The molecular weight excluding hydrogens is 398 g/mol. The number of hydrogen-bond donors (Lipinski definition) is 1. The van der Waals surface area contributed by atoms with Gasteiger partial charge in [-0.25, -0.2) is 9.59 Å². The Morgan fingerprint density at radius 1 is 1.14 bits per heavy atom. The van der Waals surface area contributed by atoms with E-state index in [-0.39, 0.29) is 0 Å². The molecule has 0 aliphatic heterocycles. The van der Waals surface area contributed by atoms with Crippen LogP contribution in [0.5, 0.6) is 5.75 Å². The third-order valence-electron chi connectivity index (χ3n) is 4.07. The van der Waals surface area contributed by atoms with Gasteiger partial charge in [-0.2, -0.15) is 0 Å². The van der Waals surface area contributed by atoms with Crippen LogP contribution in [0.1, 0.15) is 12.5 Å². The Labute approximate surface area is 171 Å². The first kappa shape index (κ1) is 20.4. The van der Waals surface area contributed by atoms with E-state index in [0.29, 0.717) is 22.0 Å². The summed E-state index contributed by atoms with van der Waals surface area (Å²) in [5, 5.41) is 3.94. The van der Waals surface area contributed by atoms with Crippen LogP contribution in [0.3, 0.4) is 0 Å². The molecule has 0 aliphatic carbocycles. The van der Waals surface area contributed by atoms with E-state index < -0.39 is 30.2 Å². The van der Waals surface area contributed by atoms with Gasteiger partial charge in [0.15, 0.2) is 12.7 Å². The van der Waals surface area contributed by atoms with Crippen LogP contribution in [-0.2, 0) is 14.3 Å². The predicted molar refractivity (Wildman–Crippen MR) is 108 cm³/mol. The number of ether oxygens (including phenoxy) is 2. The van der Waals surface area contributed by atoms with Crippen molar-refractivity contribution in [3.63, 3.8) is 0 Å². The van der Waals surface area contributed by atoms with Gasteiger partial charge < -0.3 is 19.2 Å². The molecule has 150 valence electrons. The van der Waals surface area contributed by atoms with Crippen LogP contribution >= 0.6 is 11.6 Å². The van der Waals surface area contributed by atoms with Gasteiger partial charge >= 0.3 is 11.6 Å². The highest BCUT2D eigenvalue weighted by atomic mass is 35.5. The van der Waals surface area contributed by atoms with Crippen molar-refractivity contribution in [3.8, 4) is 5.75 Å². The number of rotatable bonds is 6. The van der Waals surface area contributed by atoms with Crippen LogP contribution in [0, 0.1) is 6.92 Å². The molecule has 3 aromatic rings. The van der Waals surface area contributed by atoms with Crippen molar-refractivity contribution in [1.29, 1.82) is 0 Å². The van der Waals surface area contributed by atoms with E-state index in [4.69, 9.17) is 25.5 Å². The fraction of sp³-hybridized carbons (Fsp3) is 0.190. The molecule has 0 saturated carbocycles. The Balaban J connectivity index is 1.55. The van der Waals surface area contributed by atoms with Gasteiger partial charge in [0, 0.05) is 28.2 Å². The summed E-state index contributed by atoms with van der Waals surface area (Å²) in [6, 6.07) is 12.8. The molecule has 0 radical (unpaired) electrons. The molecule has 0 saturated heterocycles. The molecule has 7 nitrogen and oxygen atoms in total. The fourth-order valence-corrected chi connectivity index (χ4v) is 2.73. The normalized spacial score (nSPS) is 11.7. The molecule has 3 rings (SSSR count). The van der Waals surface area contributed by atoms with E-state index in [1.165, 1.54) is 19.1 Å². The van der Waals surface area contributed by atoms with Crippen molar-refractivity contribution in [2.24, 2.45) is 0 Å². The summed E-state index contributed by atoms with van der Waals surface area (Å²) in [5.74, 6) is -0.861. The molecule has 1 heterocycles. The lowest BCUT2D eigenvalue weighted by molar-refractivity contribution is -0.155. The van der Waals surface area contributed by atoms with Crippen LogP contribution in [0.15, 0.2) is 57.7 Å². The third kappa shape index (κ3) is 5.36. The zero-order chi connectivity index (χ0) is 21.0. The van der Waals surface area contributed by atoms with Crippen molar-refractivity contribution in [2.45, 2.75) is 20.0 Å². The number of esters is 1. The number of fused-ring (bicyclic) bond motifs is 1. The molecule has 2 aromatic carbocycles. The summed E-state index contributed by atoms with van der Waals surface area (Å²) < 4.78 is 15.6. The van der Waals surface area contributed by atoms with Gasteiger partial charge in [0.05, 0.1) is 0 Å². The smallest absolute Gasteiger partial charge is 0.344 e. The highest BCUT2D eigenvalue weighted by molar-refractivity contribution is 6.30. The molecule has 0 fully saturated rings. The van der Waals surface area contributed by atoms with Gasteiger partial charge in [0.1, 0.15) is 11.3 Å². The Bertz CT molecular complexity index is 1110. The second-order valence-corrected chi connectivity index (χ2v) is 6.76. The molecule has 8 heteroatoms. The first-order chi connectivity index (χ1) is 13.8. The minimum absolute atomic E-state index is 0.335. The number of carbonyl (C=O) groups is 2. The zero-order valence-corrected chi connectivity index (χ0v) is 16.5. The molecule has 0 spiro atoms. The van der Waals surface area contributed by atoms with Gasteiger partial charge in [0.25, 0.3) is 5.91 Å². The van der Waals surface area contributed by atoms with Gasteiger partial charge in [-0.3, -0.25) is 4.79 Å². The van der Waals surface area contributed by atoms with Crippen molar-refractivity contribution in [1.82, 2.24) is 0 Å². The van der Waals surface area contributed by atoms with Crippen molar-refractivity contribution in [2.75, 3.05) is 11.9 Å². The molecule has 0 unspecified atom stereocenters. The standard InChI is InChI=1S/C21H18ClNO6/c1-12-9-19(24)29-18-10-16(7-8-17(12)18)27-11-20(25)28-13(2)21(26)23-15-5-3-14(22)4-6-15/h3-10,13H,11H2,1-2H3,(H,23,26)/t13-/m1/s1. The molecule has 1 aromatic heterocycles. The number of aryl methyl sites for hydroxylation is 1. The average molecular weight is 416 g/mol. The van der Waals surface area contributed by atoms with Crippen molar-refractivity contribution in [3.05, 3.63) is 69.5 Å². The Morgan fingerprint density at radius 2 is 1.86 bits per heavy atom. The second-order valence-electron chi connectivity index (χ2n) is 6.32. The maximum Gasteiger partial charge on any atom is 0.344 e. The predicted octanol–water partition coefficient (Wildman–Crippen LogP) is 3.70. The van der Waals surface area contributed by atoms with E-state index in [1.807, 2.05) is 0 Å². The summed E-state index contributed by atoms with van der Waals surface area (Å²) in [6.45, 7) is 2.85. The summed E-state index contributed by atoms with van der Waals surface area (Å²) in [4.78, 5) is 35.6. The fourth-order valence-electron chi connectivity index (χ4n) is 2.60. The number of halogens is 1. The van der Waals surface area contributed by atoms with Crippen LogP contribution in [0.25, 0.3) is 11.0 Å². The highest BCUT2D eigenvalue weighted by Gasteiger charge is 2.18. The molecule has 1 atom stereocenters. The lowest BCUT2D eigenvalue weighted by Crippen LogP contribution is -2.31. The van der Waals surface area contributed by atoms with Gasteiger partial charge in [-0.05, 0) is 55.8 Å². The first-order valence-corrected chi connectivity index (χ1v) is 9.13. The monoisotopic (exact) mass is 415 g/mol. The van der Waals surface area contributed by atoms with E-state index in [9.17, 15) is 14.4 Å². The Hall–Kier alpha value is -3.32. The molecule has 0 bridgehead atoms. The molecular formula is C21H18ClNO6. The summed E-state index contributed by atoms with van der Waals surface area (Å²) in [7, 11) is 0. The number of anilines is 1. The first-order valence-electron chi connectivity index (χ1n) is 8.75. The molecule has 29 heavy (non-hydrogen) atoms. The van der Waals surface area contributed by atoms with Crippen molar-refractivity contribution >= 4 is 40.1 Å². The number of benzene rings is 2. The molecule has 1 amide bonds. The third-order valence-corrected chi connectivity index (χ3v) is 4.32. The Kier molecular flexibility index (Phi) is 6.19. The van der Waals surface area contributed by atoms with E-state index >= 15 is 0 Å². The number of hydrogen-bond acceptors (Lipinski definition) is 6. The van der Waals surface area contributed by atoms with Crippen LogP contribution in [-0.4, -0.2) is 24.6 Å². The quantitative estimate of drug-likeness (QED) is 0.487. The topological polar surface area (TPSA) is 94.8 Å². The number of nitrogens with one attached hydrogen (secondary N) is 1. The average Bonchev–Trinajstić information content (AvgIpc) is 2.67. The molecule has 0 aliphatic rings. The van der Waals surface area contributed by atoms with Gasteiger partial charge in [-0.1, -0.05) is 11.6 Å². The number of carbonyl (C=O) groups excluding carboxylic acids is 2. The van der Waals surface area contributed by atoms with Crippen LogP contribution < -0.4 is 15.7 Å². The van der Waals surface area contributed by atoms with Crippen molar-refractivity contribution < 1.29 is 23.5 Å². The minimum atomic E-state index is -1.01. The maximum absolute atomic E-state index is 12.1. The SMILES string of the molecule is Cc1cc(=O)oc2cc(OCC(=O)O[C@H](C)C(=O)Nc3ccc(Cl)cc3)ccc12. The lowest BCUT2D eigenvalue weighted by atomic mass is 10.1. The zero-order valence-electron chi connectivity index (χ0n) is 15.7. The van der Waals surface area contributed by atoms with E-state index in [0.717, 1.165) is 10.9 Å². The second kappa shape index (κ2) is 8.79. The van der Waals surface area contributed by atoms with E-state index in [2.05, 4.69) is 5.32 Å². The van der Waals surface area contributed by atoms with Crippen LogP contribution in [0.4, 0.5) is 5.69 Å². The summed E-state index contributed by atoms with van der Waals surface area (Å²) >= 11 is 5.80. The number of amides is 1. The van der Waals surface area contributed by atoms with Crippen LogP contribution in [0.2, 0.25) is 5.02 Å². The Morgan fingerprint density at radius 3 is 2.59 bits per heavy atom. The van der Waals surface area contributed by atoms with Gasteiger partial charge in [0.2, 0.25) is 0 Å².